The van der Waals surface area contributed by atoms with Gasteiger partial charge in [-0.25, -0.2) is 0 Å². The van der Waals surface area contributed by atoms with E-state index in [1.54, 1.807) is 0 Å². The summed E-state index contributed by atoms with van der Waals surface area (Å²) in [5, 5.41) is 2.29. The summed E-state index contributed by atoms with van der Waals surface area (Å²) >= 11 is 0. The number of methoxy groups -OCH3 is 1. The van der Waals surface area contributed by atoms with Crippen LogP contribution < -0.4 is 10.1 Å². The van der Waals surface area contributed by atoms with Gasteiger partial charge in [-0.15, -0.1) is 0 Å². The van der Waals surface area contributed by atoms with Crippen LogP contribution >= 0.6 is 0 Å². The summed E-state index contributed by atoms with van der Waals surface area (Å²) in [5.41, 5.74) is 2.39. The summed E-state index contributed by atoms with van der Waals surface area (Å²) in [4.78, 5) is 37.3. The number of piperidine rings is 1. The minimum absolute atomic E-state index is 0.212. The molecule has 21 heavy (non-hydrogen) atoms. The fraction of sp³-hybridized carbons (Fsp3) is 0.400. The summed E-state index contributed by atoms with van der Waals surface area (Å²) in [6.45, 7) is 2.31. The molecule has 3 rings (SSSR count). The molecule has 0 bridgehead atoms. The number of imide groups is 1. The fourth-order valence-electron chi connectivity index (χ4n) is 2.98. The third-order valence-electron chi connectivity index (χ3n) is 3.95. The molecule has 0 spiro atoms. The molecule has 2 aliphatic heterocycles. The van der Waals surface area contributed by atoms with E-state index in [2.05, 4.69) is 5.32 Å². The lowest BCUT2D eigenvalue weighted by Gasteiger charge is -2.29. The molecule has 1 fully saturated rings. The number of nitrogens with one attached hydrogen (secondary N) is 1. The summed E-state index contributed by atoms with van der Waals surface area (Å²) in [5.74, 6) is -0.363. The lowest BCUT2D eigenvalue weighted by Crippen LogP contribution is -2.52. The molecule has 6 heteroatoms. The minimum atomic E-state index is -0.590. The Labute approximate surface area is 122 Å². The number of aryl methyl sites for hydroxylation is 1. The fourth-order valence-corrected chi connectivity index (χ4v) is 2.98. The summed E-state index contributed by atoms with van der Waals surface area (Å²) < 4.78 is 5.29. The van der Waals surface area contributed by atoms with E-state index in [0.29, 0.717) is 24.3 Å². The predicted molar refractivity (Wildman–Crippen MR) is 73.8 cm³/mol. The lowest BCUT2D eigenvalue weighted by atomic mass is 10.0. The first-order valence-corrected chi connectivity index (χ1v) is 6.83. The van der Waals surface area contributed by atoms with Crippen molar-refractivity contribution in [3.63, 3.8) is 0 Å². The summed E-state index contributed by atoms with van der Waals surface area (Å²) in [6, 6.07) is 3.15. The number of rotatable bonds is 2. The Kier molecular flexibility index (Phi) is 3.16. The number of hydrogen-bond acceptors (Lipinski definition) is 4. The molecule has 0 saturated carbocycles. The van der Waals surface area contributed by atoms with Gasteiger partial charge >= 0.3 is 0 Å². The molecule has 1 aromatic carbocycles. The number of carbonyl (C=O) groups is 3. The van der Waals surface area contributed by atoms with E-state index in [9.17, 15) is 14.4 Å². The molecule has 1 unspecified atom stereocenters. The average molecular weight is 288 g/mol. The van der Waals surface area contributed by atoms with Crippen molar-refractivity contribution in [3.8, 4) is 5.75 Å². The number of benzene rings is 1. The van der Waals surface area contributed by atoms with Crippen LogP contribution in [0, 0.1) is 6.92 Å². The van der Waals surface area contributed by atoms with Crippen molar-refractivity contribution in [1.82, 2.24) is 10.2 Å². The molecule has 1 atom stereocenters. The largest absolute Gasteiger partial charge is 0.496 e. The van der Waals surface area contributed by atoms with Crippen molar-refractivity contribution in [1.29, 1.82) is 0 Å². The van der Waals surface area contributed by atoms with Gasteiger partial charge in [0.1, 0.15) is 11.8 Å². The molecule has 2 heterocycles. The molecule has 110 valence electrons. The van der Waals surface area contributed by atoms with Gasteiger partial charge in [0.25, 0.3) is 5.91 Å². The SMILES string of the molecule is COc1cc(C)cc2c1C(=O)N(C1CCC(=O)NC1=O)C2. The van der Waals surface area contributed by atoms with Gasteiger partial charge in [0.2, 0.25) is 11.8 Å². The van der Waals surface area contributed by atoms with Gasteiger partial charge in [0.15, 0.2) is 0 Å². The number of amides is 3. The van der Waals surface area contributed by atoms with Crippen molar-refractivity contribution < 1.29 is 19.1 Å². The highest BCUT2D eigenvalue weighted by Gasteiger charge is 2.40. The van der Waals surface area contributed by atoms with Crippen LogP contribution in [0.25, 0.3) is 0 Å². The van der Waals surface area contributed by atoms with Gasteiger partial charge in [-0.3, -0.25) is 19.7 Å². The highest BCUT2D eigenvalue weighted by atomic mass is 16.5. The Hall–Kier alpha value is -2.37. The van der Waals surface area contributed by atoms with Crippen molar-refractivity contribution in [2.45, 2.75) is 32.4 Å². The zero-order valence-corrected chi connectivity index (χ0v) is 11.9. The van der Waals surface area contributed by atoms with Crippen LogP contribution in [0.1, 0.15) is 34.3 Å². The predicted octanol–water partition coefficient (Wildman–Crippen LogP) is 0.765. The normalized spacial score (nSPS) is 21.3. The maximum Gasteiger partial charge on any atom is 0.258 e. The van der Waals surface area contributed by atoms with E-state index in [1.165, 1.54) is 12.0 Å². The second kappa shape index (κ2) is 4.87. The van der Waals surface area contributed by atoms with Crippen LogP contribution in [0.3, 0.4) is 0 Å². The van der Waals surface area contributed by atoms with Gasteiger partial charge in [-0.2, -0.15) is 0 Å². The summed E-state index contributed by atoms with van der Waals surface area (Å²) in [7, 11) is 1.52. The number of carbonyl (C=O) groups excluding carboxylic acids is 3. The molecule has 0 aromatic heterocycles. The average Bonchev–Trinajstić information content (AvgIpc) is 2.75. The van der Waals surface area contributed by atoms with Gasteiger partial charge in [0.05, 0.1) is 12.7 Å². The minimum Gasteiger partial charge on any atom is -0.496 e. The molecular formula is C15H16N2O4. The molecule has 1 saturated heterocycles. The lowest BCUT2D eigenvalue weighted by molar-refractivity contribution is -0.136. The smallest absolute Gasteiger partial charge is 0.258 e. The van der Waals surface area contributed by atoms with E-state index in [-0.39, 0.29) is 18.2 Å². The molecule has 3 amide bonds. The van der Waals surface area contributed by atoms with Crippen LogP contribution in [0.2, 0.25) is 0 Å². The van der Waals surface area contributed by atoms with Crippen LogP contribution in [-0.4, -0.2) is 35.8 Å². The summed E-state index contributed by atoms with van der Waals surface area (Å²) in [6.07, 6.45) is 0.623. The standard InChI is InChI=1S/C15H16N2O4/c1-8-5-9-7-17(10-3-4-12(18)16-14(10)19)15(20)13(9)11(6-8)21-2/h5-6,10H,3-4,7H2,1-2H3,(H,16,18,19). The Balaban J connectivity index is 1.94. The van der Waals surface area contributed by atoms with E-state index in [1.807, 2.05) is 19.1 Å². The second-order valence-electron chi connectivity index (χ2n) is 5.40. The Morgan fingerprint density at radius 3 is 2.71 bits per heavy atom. The Morgan fingerprint density at radius 2 is 2.05 bits per heavy atom. The highest BCUT2D eigenvalue weighted by molar-refractivity contribution is 6.06. The molecule has 6 nitrogen and oxygen atoms in total. The van der Waals surface area contributed by atoms with Gasteiger partial charge in [-0.05, 0) is 30.5 Å². The van der Waals surface area contributed by atoms with Crippen LogP contribution in [0.15, 0.2) is 12.1 Å². The molecule has 2 aliphatic rings. The van der Waals surface area contributed by atoms with E-state index in [0.717, 1.165) is 11.1 Å². The van der Waals surface area contributed by atoms with Crippen molar-refractivity contribution in [2.75, 3.05) is 7.11 Å². The monoisotopic (exact) mass is 288 g/mol. The maximum atomic E-state index is 12.6. The van der Waals surface area contributed by atoms with Crippen LogP contribution in [0.5, 0.6) is 5.75 Å². The van der Waals surface area contributed by atoms with Crippen LogP contribution in [0.4, 0.5) is 0 Å². The molecule has 1 N–H and O–H groups in total. The molecule has 0 aliphatic carbocycles. The van der Waals surface area contributed by atoms with Gasteiger partial charge in [0, 0.05) is 13.0 Å². The number of ether oxygens (including phenoxy) is 1. The van der Waals surface area contributed by atoms with Crippen molar-refractivity contribution in [3.05, 3.63) is 28.8 Å². The maximum absolute atomic E-state index is 12.6. The van der Waals surface area contributed by atoms with Crippen LogP contribution in [-0.2, 0) is 16.1 Å². The van der Waals surface area contributed by atoms with Gasteiger partial charge < -0.3 is 9.64 Å². The van der Waals surface area contributed by atoms with E-state index in [4.69, 9.17) is 4.74 Å². The van der Waals surface area contributed by atoms with Gasteiger partial charge in [-0.1, -0.05) is 6.07 Å². The number of nitrogens with zero attached hydrogens (tertiary/aromatic N) is 1. The first-order chi connectivity index (χ1) is 10.0. The second-order valence-corrected chi connectivity index (χ2v) is 5.40. The Bertz CT molecular complexity index is 653. The topological polar surface area (TPSA) is 75.7 Å². The van der Waals surface area contributed by atoms with E-state index < -0.39 is 11.9 Å². The van der Waals surface area contributed by atoms with E-state index >= 15 is 0 Å². The first-order valence-electron chi connectivity index (χ1n) is 6.83. The third-order valence-corrected chi connectivity index (χ3v) is 3.95. The number of fused-ring (bicyclic) bond motifs is 1. The van der Waals surface area contributed by atoms with Crippen molar-refractivity contribution in [2.24, 2.45) is 0 Å². The molecule has 0 radical (unpaired) electrons. The first kappa shape index (κ1) is 13.6. The molecular weight excluding hydrogens is 272 g/mol. The quantitative estimate of drug-likeness (QED) is 0.815. The highest BCUT2D eigenvalue weighted by Crippen LogP contribution is 2.34. The zero-order valence-electron chi connectivity index (χ0n) is 11.9. The zero-order chi connectivity index (χ0) is 15.1. The molecule has 1 aromatic rings. The Morgan fingerprint density at radius 1 is 1.29 bits per heavy atom. The van der Waals surface area contributed by atoms with Crippen molar-refractivity contribution >= 4 is 17.7 Å². The number of hydrogen-bond donors (Lipinski definition) is 1. The third kappa shape index (κ3) is 2.16.